The summed E-state index contributed by atoms with van der Waals surface area (Å²) in [7, 11) is 0. The van der Waals surface area contributed by atoms with Crippen LogP contribution in [0.4, 0.5) is 0 Å². The molecular formula is C15H22N2O2S. The summed E-state index contributed by atoms with van der Waals surface area (Å²) in [6.07, 6.45) is 2.27. The summed E-state index contributed by atoms with van der Waals surface area (Å²) in [5.74, 6) is 0.630. The first-order chi connectivity index (χ1) is 9.56. The minimum absolute atomic E-state index is 0.118. The monoisotopic (exact) mass is 294 g/mol. The fourth-order valence-corrected chi connectivity index (χ4v) is 3.13. The zero-order valence-corrected chi connectivity index (χ0v) is 12.9. The molecule has 2 rings (SSSR count). The molecule has 0 unspecified atom stereocenters. The van der Waals surface area contributed by atoms with Gasteiger partial charge < -0.3 is 10.2 Å². The van der Waals surface area contributed by atoms with E-state index in [1.165, 1.54) is 11.3 Å². The molecule has 0 atom stereocenters. The number of thiophene rings is 1. The molecular weight excluding hydrogens is 272 g/mol. The second kappa shape index (κ2) is 6.88. The van der Waals surface area contributed by atoms with Gasteiger partial charge in [-0.15, -0.1) is 11.3 Å². The van der Waals surface area contributed by atoms with Gasteiger partial charge in [0.15, 0.2) is 0 Å². The van der Waals surface area contributed by atoms with Gasteiger partial charge in [-0.05, 0) is 30.2 Å². The van der Waals surface area contributed by atoms with E-state index in [0.29, 0.717) is 12.3 Å². The molecule has 0 aliphatic carbocycles. The summed E-state index contributed by atoms with van der Waals surface area (Å²) in [6, 6.07) is 3.98. The molecule has 2 heterocycles. The summed E-state index contributed by atoms with van der Waals surface area (Å²) in [5.41, 5.74) is 0. The van der Waals surface area contributed by atoms with E-state index in [4.69, 9.17) is 0 Å². The van der Waals surface area contributed by atoms with Crippen molar-refractivity contribution in [3.8, 4) is 0 Å². The molecule has 1 fully saturated rings. The normalized spacial score (nSPS) is 16.4. The fraction of sp³-hybridized carbons (Fsp3) is 0.600. The number of rotatable bonds is 4. The number of amides is 2. The molecule has 0 aromatic carbocycles. The van der Waals surface area contributed by atoms with Crippen molar-refractivity contribution < 1.29 is 9.59 Å². The lowest BCUT2D eigenvalue weighted by Crippen LogP contribution is -2.46. The van der Waals surface area contributed by atoms with E-state index in [0.717, 1.165) is 30.8 Å². The number of nitrogens with zero attached hydrogens (tertiary/aromatic N) is 1. The maximum absolute atomic E-state index is 12.2. The van der Waals surface area contributed by atoms with E-state index in [-0.39, 0.29) is 17.9 Å². The predicted molar refractivity (Wildman–Crippen MR) is 80.8 cm³/mol. The maximum Gasteiger partial charge on any atom is 0.263 e. The predicted octanol–water partition coefficient (Wildman–Crippen LogP) is 2.52. The Bertz CT molecular complexity index is 448. The molecule has 4 nitrogen and oxygen atoms in total. The van der Waals surface area contributed by atoms with Gasteiger partial charge in [-0.25, -0.2) is 0 Å². The Morgan fingerprint density at radius 1 is 1.40 bits per heavy atom. The van der Waals surface area contributed by atoms with Crippen molar-refractivity contribution in [1.82, 2.24) is 10.2 Å². The summed E-state index contributed by atoms with van der Waals surface area (Å²) >= 11 is 1.48. The van der Waals surface area contributed by atoms with Crippen LogP contribution in [0.1, 0.15) is 42.8 Å². The number of hydrogen-bond donors (Lipinski definition) is 1. The van der Waals surface area contributed by atoms with Gasteiger partial charge in [-0.3, -0.25) is 9.59 Å². The van der Waals surface area contributed by atoms with Crippen LogP contribution in [0, 0.1) is 5.92 Å². The van der Waals surface area contributed by atoms with E-state index >= 15 is 0 Å². The minimum atomic E-state index is 0.118. The van der Waals surface area contributed by atoms with Gasteiger partial charge >= 0.3 is 0 Å². The van der Waals surface area contributed by atoms with Crippen LogP contribution in [0.5, 0.6) is 0 Å². The van der Waals surface area contributed by atoms with Crippen LogP contribution in [0.3, 0.4) is 0 Å². The van der Waals surface area contributed by atoms with Crippen LogP contribution in [0.15, 0.2) is 17.5 Å². The van der Waals surface area contributed by atoms with Crippen molar-refractivity contribution >= 4 is 23.2 Å². The highest BCUT2D eigenvalue weighted by Gasteiger charge is 2.24. The van der Waals surface area contributed by atoms with Crippen LogP contribution in [-0.2, 0) is 4.79 Å². The Hall–Kier alpha value is -1.36. The topological polar surface area (TPSA) is 49.4 Å². The van der Waals surface area contributed by atoms with Crippen molar-refractivity contribution in [2.45, 2.75) is 39.2 Å². The van der Waals surface area contributed by atoms with Crippen molar-refractivity contribution in [1.29, 1.82) is 0 Å². The van der Waals surface area contributed by atoms with E-state index in [1.807, 2.05) is 36.3 Å². The average Bonchev–Trinajstić information content (AvgIpc) is 2.91. The Morgan fingerprint density at radius 3 is 2.65 bits per heavy atom. The lowest BCUT2D eigenvalue weighted by atomic mass is 10.0. The zero-order valence-electron chi connectivity index (χ0n) is 12.1. The summed E-state index contributed by atoms with van der Waals surface area (Å²) in [4.78, 5) is 26.6. The highest BCUT2D eigenvalue weighted by atomic mass is 32.1. The molecule has 0 bridgehead atoms. The standard InChI is InChI=1S/C15H22N2O2S/c1-11(2)10-14(18)16-12-5-7-17(8-6-12)15(19)13-4-3-9-20-13/h3-4,9,11-12H,5-8,10H2,1-2H3,(H,16,18). The number of hydrogen-bond acceptors (Lipinski definition) is 3. The summed E-state index contributed by atoms with van der Waals surface area (Å²) in [5, 5.41) is 4.99. The summed E-state index contributed by atoms with van der Waals surface area (Å²) < 4.78 is 0. The van der Waals surface area contributed by atoms with Crippen molar-refractivity contribution in [2.75, 3.05) is 13.1 Å². The quantitative estimate of drug-likeness (QED) is 0.927. The molecule has 0 saturated carbocycles. The Morgan fingerprint density at radius 2 is 2.10 bits per heavy atom. The van der Waals surface area contributed by atoms with Crippen LogP contribution in [0.2, 0.25) is 0 Å². The molecule has 20 heavy (non-hydrogen) atoms. The van der Waals surface area contributed by atoms with Gasteiger partial charge in [0, 0.05) is 25.6 Å². The van der Waals surface area contributed by atoms with Gasteiger partial charge in [0.1, 0.15) is 0 Å². The summed E-state index contributed by atoms with van der Waals surface area (Å²) in [6.45, 7) is 5.54. The van der Waals surface area contributed by atoms with Crippen LogP contribution < -0.4 is 5.32 Å². The molecule has 1 aliphatic rings. The third-order valence-electron chi connectivity index (χ3n) is 3.47. The number of carbonyl (C=O) groups is 2. The number of piperidine rings is 1. The first-order valence-corrected chi connectivity index (χ1v) is 8.06. The molecule has 110 valence electrons. The van der Waals surface area contributed by atoms with E-state index in [2.05, 4.69) is 5.32 Å². The van der Waals surface area contributed by atoms with E-state index in [9.17, 15) is 9.59 Å². The molecule has 0 radical (unpaired) electrons. The molecule has 1 aliphatic heterocycles. The Kier molecular flexibility index (Phi) is 5.17. The minimum Gasteiger partial charge on any atom is -0.353 e. The van der Waals surface area contributed by atoms with Crippen LogP contribution in [0.25, 0.3) is 0 Å². The van der Waals surface area contributed by atoms with Crippen LogP contribution >= 0.6 is 11.3 Å². The second-order valence-electron chi connectivity index (χ2n) is 5.71. The highest BCUT2D eigenvalue weighted by Crippen LogP contribution is 2.17. The molecule has 1 saturated heterocycles. The van der Waals surface area contributed by atoms with Gasteiger partial charge in [0.2, 0.25) is 5.91 Å². The fourth-order valence-electron chi connectivity index (χ4n) is 2.44. The van der Waals surface area contributed by atoms with Crippen LogP contribution in [-0.4, -0.2) is 35.8 Å². The first-order valence-electron chi connectivity index (χ1n) is 7.18. The molecule has 0 spiro atoms. The lowest BCUT2D eigenvalue weighted by molar-refractivity contribution is -0.122. The molecule has 1 aromatic rings. The van der Waals surface area contributed by atoms with Gasteiger partial charge in [-0.2, -0.15) is 0 Å². The third-order valence-corrected chi connectivity index (χ3v) is 4.33. The maximum atomic E-state index is 12.2. The zero-order chi connectivity index (χ0) is 14.5. The number of nitrogens with one attached hydrogen (secondary N) is 1. The lowest BCUT2D eigenvalue weighted by Gasteiger charge is -2.32. The smallest absolute Gasteiger partial charge is 0.263 e. The largest absolute Gasteiger partial charge is 0.353 e. The number of likely N-dealkylation sites (tertiary alicyclic amines) is 1. The third kappa shape index (κ3) is 4.07. The second-order valence-corrected chi connectivity index (χ2v) is 6.66. The van der Waals surface area contributed by atoms with Crippen molar-refractivity contribution in [3.63, 3.8) is 0 Å². The number of carbonyl (C=O) groups excluding carboxylic acids is 2. The average molecular weight is 294 g/mol. The Balaban J connectivity index is 1.78. The van der Waals surface area contributed by atoms with Gasteiger partial charge in [0.25, 0.3) is 5.91 Å². The Labute approximate surface area is 124 Å². The molecule has 1 aromatic heterocycles. The highest BCUT2D eigenvalue weighted by molar-refractivity contribution is 7.12. The van der Waals surface area contributed by atoms with E-state index < -0.39 is 0 Å². The SMILES string of the molecule is CC(C)CC(=O)NC1CCN(C(=O)c2cccs2)CC1. The first kappa shape index (κ1) is 15.0. The molecule has 5 heteroatoms. The van der Waals surface area contributed by atoms with Gasteiger partial charge in [-0.1, -0.05) is 19.9 Å². The van der Waals surface area contributed by atoms with E-state index in [1.54, 1.807) is 0 Å². The van der Waals surface area contributed by atoms with Gasteiger partial charge in [0.05, 0.1) is 4.88 Å². The molecule has 1 N–H and O–H groups in total. The van der Waals surface area contributed by atoms with Crippen molar-refractivity contribution in [2.24, 2.45) is 5.92 Å². The van der Waals surface area contributed by atoms with Crippen molar-refractivity contribution in [3.05, 3.63) is 22.4 Å². The molecule has 2 amide bonds.